The molecule has 3 aromatic rings. The Hall–Kier alpha value is -3.06. The van der Waals surface area contributed by atoms with Gasteiger partial charge >= 0.3 is 0 Å². The smallest absolute Gasteiger partial charge is 0.158 e. The van der Waals surface area contributed by atoms with Gasteiger partial charge in [0.15, 0.2) is 5.78 Å². The highest BCUT2D eigenvalue weighted by Crippen LogP contribution is 2.28. The van der Waals surface area contributed by atoms with Crippen molar-refractivity contribution in [2.45, 2.75) is 78.2 Å². The zero-order valence-electron chi connectivity index (χ0n) is 22.7. The highest BCUT2D eigenvalue weighted by molar-refractivity contribution is 5.95. The van der Waals surface area contributed by atoms with Crippen LogP contribution < -0.4 is 10.2 Å². The van der Waals surface area contributed by atoms with Crippen LogP contribution >= 0.6 is 0 Å². The lowest BCUT2D eigenvalue weighted by Gasteiger charge is -2.41. The topological polar surface area (TPSA) is 62.5 Å². The van der Waals surface area contributed by atoms with E-state index in [1.807, 2.05) is 23.7 Å². The van der Waals surface area contributed by atoms with E-state index in [1.54, 1.807) is 6.20 Å². The molecule has 1 aliphatic heterocycles. The van der Waals surface area contributed by atoms with E-state index in [0.717, 1.165) is 50.3 Å². The van der Waals surface area contributed by atoms with E-state index in [9.17, 15) is 9.18 Å². The van der Waals surface area contributed by atoms with Crippen LogP contribution in [0.25, 0.3) is 5.65 Å². The number of aromatic nitrogens is 3. The van der Waals surface area contributed by atoms with Gasteiger partial charge in [-0.3, -0.25) is 9.78 Å². The van der Waals surface area contributed by atoms with Gasteiger partial charge in [-0.1, -0.05) is 19.9 Å². The molecule has 0 amide bonds. The van der Waals surface area contributed by atoms with Crippen molar-refractivity contribution in [3.8, 4) is 0 Å². The van der Waals surface area contributed by atoms with Crippen LogP contribution in [0.3, 0.4) is 0 Å². The molecule has 4 rings (SSSR count). The first-order chi connectivity index (χ1) is 17.7. The molecule has 37 heavy (non-hydrogen) atoms. The van der Waals surface area contributed by atoms with Crippen LogP contribution in [0.1, 0.15) is 71.8 Å². The summed E-state index contributed by atoms with van der Waals surface area (Å²) in [7, 11) is 0. The average molecular weight is 510 g/mol. The fraction of sp³-hybridized carbons (Fsp3) is 0.500. The molecule has 0 radical (unpaired) electrons. The zero-order chi connectivity index (χ0) is 26.6. The third-order valence-electron chi connectivity index (χ3n) is 7.15. The standard InChI is InChI=1S/C30H40FN5O.2H2/c1-6-9-24-26(32-13-12-27(24)35-15-14-33-30(4,5)20-35)16-21(2)28(37)11-8-7-10-23-19-36-18-22(3)34-29(36)17-25(23)31;;/h12-13,17-19,33H,2,6-11,14-16,20H2,1,3-5H3;2*1H. The summed E-state index contributed by atoms with van der Waals surface area (Å²) in [5.41, 5.74) is 6.20. The fourth-order valence-corrected chi connectivity index (χ4v) is 5.29. The Kier molecular flexibility index (Phi) is 8.42. The van der Waals surface area contributed by atoms with Gasteiger partial charge in [-0.15, -0.1) is 0 Å². The van der Waals surface area contributed by atoms with Gasteiger partial charge in [0.25, 0.3) is 0 Å². The fourth-order valence-electron chi connectivity index (χ4n) is 5.29. The van der Waals surface area contributed by atoms with Crippen LogP contribution in [-0.2, 0) is 24.1 Å². The number of nitrogens with zero attached hydrogens (tertiary/aromatic N) is 4. The number of rotatable bonds is 11. The minimum Gasteiger partial charge on any atom is -0.368 e. The molecule has 0 spiro atoms. The molecule has 3 aromatic heterocycles. The quantitative estimate of drug-likeness (QED) is 0.258. The second kappa shape index (κ2) is 11.5. The largest absolute Gasteiger partial charge is 0.368 e. The predicted octanol–water partition coefficient (Wildman–Crippen LogP) is 5.89. The van der Waals surface area contributed by atoms with E-state index in [2.05, 4.69) is 53.6 Å². The Morgan fingerprint density at radius 3 is 2.84 bits per heavy atom. The molecule has 4 heterocycles. The molecule has 0 unspecified atom stereocenters. The van der Waals surface area contributed by atoms with Crippen molar-refractivity contribution in [2.24, 2.45) is 0 Å². The van der Waals surface area contributed by atoms with Crippen LogP contribution in [0, 0.1) is 12.7 Å². The summed E-state index contributed by atoms with van der Waals surface area (Å²) < 4.78 is 16.3. The Morgan fingerprint density at radius 1 is 1.27 bits per heavy atom. The third-order valence-corrected chi connectivity index (χ3v) is 7.15. The number of Topliss-reactive ketones (excluding diaryl/α,β-unsaturated/α-hetero) is 1. The first kappa shape index (κ1) is 27.0. The van der Waals surface area contributed by atoms with E-state index < -0.39 is 0 Å². The Balaban J connectivity index is 0.00000267. The van der Waals surface area contributed by atoms with Gasteiger partial charge in [-0.25, -0.2) is 9.37 Å². The maximum Gasteiger partial charge on any atom is 0.158 e. The molecule has 6 nitrogen and oxygen atoms in total. The van der Waals surface area contributed by atoms with Crippen molar-refractivity contribution in [1.29, 1.82) is 0 Å². The number of fused-ring (bicyclic) bond motifs is 1. The molecule has 0 aromatic carbocycles. The second-order valence-corrected chi connectivity index (χ2v) is 10.9. The normalized spacial score (nSPS) is 15.3. The van der Waals surface area contributed by atoms with Crippen LogP contribution in [-0.4, -0.2) is 45.3 Å². The monoisotopic (exact) mass is 509 g/mol. The summed E-state index contributed by atoms with van der Waals surface area (Å²) in [6, 6.07) is 3.59. The number of unbranched alkanes of at least 4 members (excludes halogenated alkanes) is 1. The maximum atomic E-state index is 14.4. The van der Waals surface area contributed by atoms with Gasteiger partial charge in [0.05, 0.1) is 11.4 Å². The molecule has 1 aliphatic rings. The number of hydrogen-bond donors (Lipinski definition) is 1. The summed E-state index contributed by atoms with van der Waals surface area (Å²) in [6.45, 7) is 15.5. The maximum absolute atomic E-state index is 14.4. The first-order valence-electron chi connectivity index (χ1n) is 13.5. The molecule has 0 saturated carbocycles. The molecule has 1 saturated heterocycles. The van der Waals surface area contributed by atoms with Crippen molar-refractivity contribution in [3.63, 3.8) is 0 Å². The number of hydrogen-bond acceptors (Lipinski definition) is 5. The van der Waals surface area contributed by atoms with Crippen LogP contribution in [0.2, 0.25) is 0 Å². The minimum atomic E-state index is -0.240. The van der Waals surface area contributed by atoms with Crippen molar-refractivity contribution >= 4 is 17.1 Å². The van der Waals surface area contributed by atoms with Crippen molar-refractivity contribution in [2.75, 3.05) is 24.5 Å². The number of pyridine rings is 2. The number of halogens is 1. The predicted molar refractivity (Wildman–Crippen MR) is 152 cm³/mol. The van der Waals surface area contributed by atoms with Gasteiger partial charge in [0, 0.05) is 76.8 Å². The molecule has 1 N–H and O–H groups in total. The molecular formula is C30H44FN5O. The van der Waals surface area contributed by atoms with Crippen LogP contribution in [0.4, 0.5) is 10.1 Å². The highest BCUT2D eigenvalue weighted by atomic mass is 19.1. The van der Waals surface area contributed by atoms with Gasteiger partial charge in [-0.05, 0) is 63.7 Å². The summed E-state index contributed by atoms with van der Waals surface area (Å²) >= 11 is 0. The summed E-state index contributed by atoms with van der Waals surface area (Å²) in [5, 5.41) is 3.58. The lowest BCUT2D eigenvalue weighted by molar-refractivity contribution is -0.115. The van der Waals surface area contributed by atoms with Gasteiger partial charge in [0.2, 0.25) is 0 Å². The number of aryl methyl sites for hydroxylation is 2. The molecule has 7 heteroatoms. The number of nitrogens with one attached hydrogen (secondary N) is 1. The Bertz CT molecular complexity index is 1290. The third kappa shape index (κ3) is 6.63. The number of anilines is 1. The van der Waals surface area contributed by atoms with E-state index >= 15 is 0 Å². The molecule has 0 aliphatic carbocycles. The van der Waals surface area contributed by atoms with Crippen molar-refractivity contribution in [3.05, 3.63) is 71.2 Å². The number of carbonyl (C=O) groups is 1. The number of imidazole rings is 1. The number of carbonyl (C=O) groups excluding carboxylic acids is 1. The molecule has 1 fully saturated rings. The van der Waals surface area contributed by atoms with Gasteiger partial charge in [-0.2, -0.15) is 0 Å². The molecule has 202 valence electrons. The van der Waals surface area contributed by atoms with E-state index in [-0.39, 0.29) is 20.0 Å². The van der Waals surface area contributed by atoms with Crippen molar-refractivity contribution < 1.29 is 12.0 Å². The van der Waals surface area contributed by atoms with E-state index in [4.69, 9.17) is 0 Å². The van der Waals surface area contributed by atoms with Gasteiger partial charge < -0.3 is 14.6 Å². The average Bonchev–Trinajstić information content (AvgIpc) is 3.20. The zero-order valence-corrected chi connectivity index (χ0v) is 22.7. The van der Waals surface area contributed by atoms with E-state index in [0.29, 0.717) is 42.5 Å². The minimum absolute atomic E-state index is 0. The highest BCUT2D eigenvalue weighted by Gasteiger charge is 2.27. The number of ketones is 1. The van der Waals surface area contributed by atoms with Crippen molar-refractivity contribution in [1.82, 2.24) is 19.7 Å². The molecule has 0 bridgehead atoms. The Morgan fingerprint density at radius 2 is 2.08 bits per heavy atom. The summed E-state index contributed by atoms with van der Waals surface area (Å²) in [5.74, 6) is -0.171. The SMILES string of the molecule is C=C(Cc1nccc(N2CCNC(C)(C)C2)c1CCC)C(=O)CCCCc1cn2cc(C)nc2cc1F.[HH].[HH]. The van der Waals surface area contributed by atoms with Crippen LogP contribution in [0.15, 0.2) is 42.9 Å². The molecular weight excluding hydrogens is 465 g/mol. The lowest BCUT2D eigenvalue weighted by atomic mass is 9.95. The lowest BCUT2D eigenvalue weighted by Crippen LogP contribution is -2.57. The van der Waals surface area contributed by atoms with Crippen LogP contribution in [0.5, 0.6) is 0 Å². The second-order valence-electron chi connectivity index (χ2n) is 10.9. The van der Waals surface area contributed by atoms with E-state index in [1.165, 1.54) is 17.3 Å². The summed E-state index contributed by atoms with van der Waals surface area (Å²) in [4.78, 5) is 24.3. The Labute approximate surface area is 223 Å². The summed E-state index contributed by atoms with van der Waals surface area (Å²) in [6.07, 6.45) is 10.4. The molecule has 0 atom stereocenters. The number of allylic oxidation sites excluding steroid dienone is 1. The first-order valence-corrected chi connectivity index (χ1v) is 13.5. The number of piperazine rings is 1. The van der Waals surface area contributed by atoms with Gasteiger partial charge in [0.1, 0.15) is 11.5 Å².